The van der Waals surface area contributed by atoms with Gasteiger partial charge in [0.05, 0.1) is 12.2 Å². The van der Waals surface area contributed by atoms with E-state index in [0.717, 1.165) is 29.3 Å². The molecule has 0 fully saturated rings. The lowest BCUT2D eigenvalue weighted by Gasteiger charge is -2.09. The minimum atomic E-state index is 0.768. The van der Waals surface area contributed by atoms with Crippen LogP contribution in [-0.2, 0) is 13.6 Å². The minimum absolute atomic E-state index is 0.768. The summed E-state index contributed by atoms with van der Waals surface area (Å²) in [6.07, 6.45) is 4.17. The number of nitrogens with zero attached hydrogens (tertiary/aromatic N) is 4. The Kier molecular flexibility index (Phi) is 4.80. The molecule has 6 rings (SSSR count). The molecule has 3 heterocycles. The van der Waals surface area contributed by atoms with Gasteiger partial charge in [-0.15, -0.1) is 0 Å². The fourth-order valence-corrected chi connectivity index (χ4v) is 4.60. The number of hydrogen-bond acceptors (Lipinski definition) is 2. The van der Waals surface area contributed by atoms with Crippen molar-refractivity contribution in [3.63, 3.8) is 0 Å². The zero-order chi connectivity index (χ0) is 23.2. The van der Waals surface area contributed by atoms with Crippen molar-refractivity contribution in [2.24, 2.45) is 7.05 Å². The van der Waals surface area contributed by atoms with E-state index in [2.05, 4.69) is 121 Å². The van der Waals surface area contributed by atoms with E-state index in [0.29, 0.717) is 0 Å². The molecule has 0 aliphatic carbocycles. The van der Waals surface area contributed by atoms with Crippen LogP contribution in [0.25, 0.3) is 44.8 Å². The van der Waals surface area contributed by atoms with Crippen LogP contribution in [0.15, 0.2) is 91.3 Å². The van der Waals surface area contributed by atoms with Gasteiger partial charge in [-0.05, 0) is 59.7 Å². The Hall–Kier alpha value is -4.18. The van der Waals surface area contributed by atoms with Crippen molar-refractivity contribution in [1.82, 2.24) is 19.1 Å². The summed E-state index contributed by atoms with van der Waals surface area (Å²) in [4.78, 5) is 9.62. The van der Waals surface area contributed by atoms with Gasteiger partial charge in [0.2, 0.25) is 0 Å². The lowest BCUT2D eigenvalue weighted by atomic mass is 9.99. The van der Waals surface area contributed by atoms with Crippen molar-refractivity contribution in [2.75, 3.05) is 0 Å². The smallest absolute Gasteiger partial charge is 0.160 e. The highest BCUT2D eigenvalue weighted by molar-refractivity contribution is 5.81. The zero-order valence-corrected chi connectivity index (χ0v) is 19.7. The van der Waals surface area contributed by atoms with Crippen LogP contribution in [-0.4, -0.2) is 19.1 Å². The third kappa shape index (κ3) is 3.57. The van der Waals surface area contributed by atoms with Gasteiger partial charge in [0, 0.05) is 36.2 Å². The molecule has 1 aromatic heterocycles. The largest absolute Gasteiger partial charge is 0.346 e. The van der Waals surface area contributed by atoms with Gasteiger partial charge in [-0.25, -0.2) is 9.97 Å². The molecule has 0 amide bonds. The Morgan fingerprint density at radius 1 is 0.706 bits per heavy atom. The number of imidazole rings is 1. The Morgan fingerprint density at radius 3 is 2.24 bits per heavy atom. The van der Waals surface area contributed by atoms with E-state index in [1.165, 1.54) is 38.9 Å². The lowest BCUT2D eigenvalue weighted by Crippen LogP contribution is -2.05. The molecule has 0 bridgehead atoms. The molecule has 0 saturated heterocycles. The number of aryl methyl sites for hydroxylation is 3. The highest BCUT2D eigenvalue weighted by atomic mass is 15.0. The quantitative estimate of drug-likeness (QED) is 0.298. The molecule has 0 N–H and O–H groups in total. The first kappa shape index (κ1) is 20.4. The monoisotopic (exact) mass is 442 g/mol. The van der Waals surface area contributed by atoms with Crippen LogP contribution in [0.2, 0.25) is 0 Å². The number of para-hydroxylation sites is 1. The molecule has 3 aromatic carbocycles. The van der Waals surface area contributed by atoms with Gasteiger partial charge in [0.25, 0.3) is 0 Å². The maximum absolute atomic E-state index is 4.84. The van der Waals surface area contributed by atoms with Gasteiger partial charge < -0.3 is 9.13 Å². The minimum Gasteiger partial charge on any atom is -0.346 e. The molecule has 2 aliphatic rings. The van der Waals surface area contributed by atoms with E-state index < -0.39 is 0 Å². The second kappa shape index (κ2) is 7.99. The number of fused-ring (bicyclic) bond motifs is 2. The van der Waals surface area contributed by atoms with Gasteiger partial charge in [-0.1, -0.05) is 60.7 Å². The summed E-state index contributed by atoms with van der Waals surface area (Å²) in [6.45, 7) is 5.09. The van der Waals surface area contributed by atoms with Crippen LogP contribution in [0.3, 0.4) is 0 Å². The molecule has 0 spiro atoms. The summed E-state index contributed by atoms with van der Waals surface area (Å²) in [6, 6.07) is 27.9. The highest BCUT2D eigenvalue weighted by Gasteiger charge is 2.14. The van der Waals surface area contributed by atoms with E-state index in [-0.39, 0.29) is 0 Å². The van der Waals surface area contributed by atoms with Crippen molar-refractivity contribution in [3.05, 3.63) is 108 Å². The van der Waals surface area contributed by atoms with Gasteiger partial charge >= 0.3 is 0 Å². The second-order valence-corrected chi connectivity index (χ2v) is 9.06. The molecule has 4 aromatic rings. The van der Waals surface area contributed by atoms with E-state index in [9.17, 15) is 0 Å². The van der Waals surface area contributed by atoms with E-state index in [1.807, 2.05) is 0 Å². The summed E-state index contributed by atoms with van der Waals surface area (Å²) in [5, 5.41) is 1.27. The summed E-state index contributed by atoms with van der Waals surface area (Å²) in [5.74, 6) is 0.768. The maximum Gasteiger partial charge on any atom is 0.160 e. The normalized spacial score (nSPS) is 11.5. The van der Waals surface area contributed by atoms with Crippen molar-refractivity contribution in [1.29, 1.82) is 0 Å². The summed E-state index contributed by atoms with van der Waals surface area (Å²) in [5.41, 5.74) is 10.4. The third-order valence-electron chi connectivity index (χ3n) is 6.81. The molecule has 0 atom stereocenters. The number of aromatic nitrogens is 4. The van der Waals surface area contributed by atoms with E-state index in [4.69, 9.17) is 9.97 Å². The van der Waals surface area contributed by atoms with Crippen LogP contribution >= 0.6 is 0 Å². The van der Waals surface area contributed by atoms with Crippen molar-refractivity contribution < 1.29 is 0 Å². The Balaban J connectivity index is 1.28. The van der Waals surface area contributed by atoms with E-state index in [1.54, 1.807) is 0 Å². The molecular formula is C30H26N4. The van der Waals surface area contributed by atoms with Gasteiger partial charge in [-0.3, -0.25) is 0 Å². The first-order valence-corrected chi connectivity index (χ1v) is 11.6. The third-order valence-corrected chi connectivity index (χ3v) is 6.81. The second-order valence-electron chi connectivity index (χ2n) is 9.06. The first-order valence-electron chi connectivity index (χ1n) is 11.6. The molecule has 0 saturated carbocycles. The van der Waals surface area contributed by atoms with Crippen LogP contribution in [0.5, 0.6) is 0 Å². The number of rotatable bonds is 4. The predicted octanol–water partition coefficient (Wildman–Crippen LogP) is 6.87. The van der Waals surface area contributed by atoms with Crippen molar-refractivity contribution in [2.45, 2.75) is 20.4 Å². The Labute approximate surface area is 199 Å². The molecule has 34 heavy (non-hydrogen) atoms. The van der Waals surface area contributed by atoms with Crippen LogP contribution in [0.4, 0.5) is 0 Å². The summed E-state index contributed by atoms with van der Waals surface area (Å²) < 4.78 is 4.43. The van der Waals surface area contributed by atoms with Crippen LogP contribution < -0.4 is 0 Å². The Morgan fingerprint density at radius 2 is 1.44 bits per heavy atom. The van der Waals surface area contributed by atoms with Crippen LogP contribution in [0, 0.1) is 13.8 Å². The molecule has 166 valence electrons. The van der Waals surface area contributed by atoms with Crippen molar-refractivity contribution >= 4 is 10.9 Å². The average molecular weight is 443 g/mol. The number of pyridine rings is 1. The fourth-order valence-electron chi connectivity index (χ4n) is 4.60. The van der Waals surface area contributed by atoms with Crippen molar-refractivity contribution in [3.8, 4) is 33.9 Å². The first-order chi connectivity index (χ1) is 16.5. The molecular weight excluding hydrogens is 416 g/mol. The topological polar surface area (TPSA) is 35.6 Å². The number of hydrogen-bond donors (Lipinski definition) is 0. The average Bonchev–Trinajstić information content (AvgIpc) is 3.42. The highest BCUT2D eigenvalue weighted by Crippen LogP contribution is 2.28. The number of benzene rings is 3. The zero-order valence-electron chi connectivity index (χ0n) is 19.7. The molecule has 4 heteroatoms. The summed E-state index contributed by atoms with van der Waals surface area (Å²) >= 11 is 0. The van der Waals surface area contributed by atoms with Gasteiger partial charge in [-0.2, -0.15) is 0 Å². The van der Waals surface area contributed by atoms with E-state index >= 15 is 0 Å². The predicted molar refractivity (Wildman–Crippen MR) is 139 cm³/mol. The standard InChI is InChI=1S/C30H26N4/c1-20-8-9-24(16-21(20)2)22-10-12-23(13-11-22)30-31-27-14-15-34(19-28(27)32-30)18-26-17-25-6-4-5-7-29(25)33(26)3/h4-17,19H,18H2,1-3H3. The fraction of sp³-hybridized carbons (Fsp3) is 0.133. The lowest BCUT2D eigenvalue weighted by molar-refractivity contribution is 0.728. The van der Waals surface area contributed by atoms with Gasteiger partial charge in [0.1, 0.15) is 5.69 Å². The molecule has 2 aliphatic heterocycles. The SMILES string of the molecule is Cc1ccc(-c2ccc(-c3nc4ccn(Cc5cc6ccccc6n5C)cc-4n3)cc2)cc1C. The summed E-state index contributed by atoms with van der Waals surface area (Å²) in [7, 11) is 2.12. The maximum atomic E-state index is 4.84. The van der Waals surface area contributed by atoms with Gasteiger partial charge in [0.15, 0.2) is 5.82 Å². The van der Waals surface area contributed by atoms with Crippen LogP contribution in [0.1, 0.15) is 16.8 Å². The molecule has 0 unspecified atom stereocenters. The molecule has 4 nitrogen and oxygen atoms in total. The molecule has 0 radical (unpaired) electrons. The Bertz CT molecular complexity index is 1600.